The van der Waals surface area contributed by atoms with Gasteiger partial charge in [0.2, 0.25) is 5.75 Å². The third kappa shape index (κ3) is 10.2. The van der Waals surface area contributed by atoms with Crippen LogP contribution >= 0.6 is 0 Å². The van der Waals surface area contributed by atoms with Crippen LogP contribution in [0, 0.1) is 11.7 Å². The molecule has 0 atom stereocenters. The lowest BCUT2D eigenvalue weighted by Crippen LogP contribution is -2.31. The Morgan fingerprint density at radius 1 is 0.837 bits per heavy atom. The van der Waals surface area contributed by atoms with E-state index in [-0.39, 0.29) is 59.9 Å². The Kier molecular flexibility index (Phi) is 12.6. The van der Waals surface area contributed by atoms with E-state index in [2.05, 4.69) is 20.1 Å². The van der Waals surface area contributed by atoms with E-state index in [0.717, 1.165) is 19.3 Å². The number of carbonyl (C=O) groups excluding carboxylic acids is 3. The number of rotatable bonds is 16. The Balaban J connectivity index is 1.90. The molecule has 1 saturated heterocycles. The topological polar surface area (TPSA) is 107 Å². The number of unbranched alkanes of at least 4 members (excludes halogenated alkanes) is 5. The molecule has 10 heteroatoms. The Morgan fingerprint density at radius 2 is 1.42 bits per heavy atom. The van der Waals surface area contributed by atoms with Crippen molar-refractivity contribution in [3.05, 3.63) is 60.5 Å². The van der Waals surface area contributed by atoms with E-state index < -0.39 is 23.9 Å². The molecule has 0 bridgehead atoms. The third-order valence-electron chi connectivity index (χ3n) is 6.48. The SMILES string of the molecule is C=C(C)C(=O)Oc1cc(-c2ccc(OCCCCCCCC)c(F)c2)cc(OC(=O)C(=C)C)c1OCC1COC(=O)OC1. The van der Waals surface area contributed by atoms with Crippen LogP contribution in [0.4, 0.5) is 9.18 Å². The van der Waals surface area contributed by atoms with Gasteiger partial charge in [0.1, 0.15) is 13.2 Å². The predicted octanol–water partition coefficient (Wildman–Crippen LogP) is 7.36. The monoisotopic (exact) mass is 598 g/mol. The zero-order chi connectivity index (χ0) is 31.4. The smallest absolute Gasteiger partial charge is 0.491 e. The number of cyclic esters (lactones) is 2. The minimum Gasteiger partial charge on any atom is -0.491 e. The van der Waals surface area contributed by atoms with Crippen LogP contribution in [0.15, 0.2) is 54.6 Å². The maximum atomic E-state index is 15.1. The highest BCUT2D eigenvalue weighted by Crippen LogP contribution is 2.43. The first-order chi connectivity index (χ1) is 20.6. The summed E-state index contributed by atoms with van der Waals surface area (Å²) in [5, 5.41) is 0. The molecule has 2 aromatic rings. The van der Waals surface area contributed by atoms with Gasteiger partial charge in [-0.2, -0.15) is 0 Å². The number of ether oxygens (including phenoxy) is 6. The average Bonchev–Trinajstić information content (AvgIpc) is 2.97. The second-order valence-corrected chi connectivity index (χ2v) is 10.5. The van der Waals surface area contributed by atoms with Gasteiger partial charge >= 0.3 is 18.1 Å². The van der Waals surface area contributed by atoms with Crippen LogP contribution in [0.25, 0.3) is 11.1 Å². The normalized spacial score (nSPS) is 13.0. The molecule has 1 aliphatic rings. The number of benzene rings is 2. The van der Waals surface area contributed by atoms with E-state index >= 15 is 4.39 Å². The highest BCUT2D eigenvalue weighted by atomic mass is 19.1. The van der Waals surface area contributed by atoms with Gasteiger partial charge in [0.25, 0.3) is 0 Å². The molecule has 0 radical (unpaired) electrons. The summed E-state index contributed by atoms with van der Waals surface area (Å²) in [7, 11) is 0. The molecule has 0 amide bonds. The van der Waals surface area contributed by atoms with Crippen LogP contribution in [-0.4, -0.2) is 44.5 Å². The molecule has 1 heterocycles. The van der Waals surface area contributed by atoms with Crippen molar-refractivity contribution in [3.8, 4) is 34.1 Å². The first kappa shape index (κ1) is 33.2. The minimum atomic E-state index is -0.779. The Bertz CT molecular complexity index is 1270. The molecule has 2 aromatic carbocycles. The second-order valence-electron chi connectivity index (χ2n) is 10.5. The highest BCUT2D eigenvalue weighted by molar-refractivity contribution is 5.91. The maximum Gasteiger partial charge on any atom is 0.508 e. The summed E-state index contributed by atoms with van der Waals surface area (Å²) in [6, 6.07) is 7.40. The summed E-state index contributed by atoms with van der Waals surface area (Å²) in [6.07, 6.45) is 5.75. The van der Waals surface area contributed by atoms with E-state index in [0.29, 0.717) is 17.7 Å². The minimum absolute atomic E-state index is 0.0266. The van der Waals surface area contributed by atoms with Crippen LogP contribution in [0.2, 0.25) is 0 Å². The van der Waals surface area contributed by atoms with Gasteiger partial charge in [-0.15, -0.1) is 0 Å². The first-order valence-electron chi connectivity index (χ1n) is 14.4. The average molecular weight is 599 g/mol. The van der Waals surface area contributed by atoms with Crippen LogP contribution in [0.1, 0.15) is 59.3 Å². The Hall–Kier alpha value is -4.34. The van der Waals surface area contributed by atoms with Crippen molar-refractivity contribution in [3.63, 3.8) is 0 Å². The molecule has 1 fully saturated rings. The van der Waals surface area contributed by atoms with E-state index in [4.69, 9.17) is 28.4 Å². The molecule has 3 rings (SSSR count). The molecule has 0 aliphatic carbocycles. The molecular weight excluding hydrogens is 559 g/mol. The van der Waals surface area contributed by atoms with Crippen molar-refractivity contribution in [2.75, 3.05) is 26.4 Å². The van der Waals surface area contributed by atoms with Crippen molar-refractivity contribution in [1.82, 2.24) is 0 Å². The highest BCUT2D eigenvalue weighted by Gasteiger charge is 2.26. The predicted molar refractivity (Wildman–Crippen MR) is 158 cm³/mol. The molecule has 1 aliphatic heterocycles. The maximum absolute atomic E-state index is 15.1. The molecular formula is C33H39FO9. The van der Waals surface area contributed by atoms with Gasteiger partial charge in [0.05, 0.1) is 19.1 Å². The van der Waals surface area contributed by atoms with E-state index in [1.807, 2.05) is 0 Å². The van der Waals surface area contributed by atoms with E-state index in [1.165, 1.54) is 57.4 Å². The second kappa shape index (κ2) is 16.3. The van der Waals surface area contributed by atoms with Gasteiger partial charge < -0.3 is 28.4 Å². The quantitative estimate of drug-likeness (QED) is 0.0848. The summed E-state index contributed by atoms with van der Waals surface area (Å²) < 4.78 is 47.6. The lowest BCUT2D eigenvalue weighted by molar-refractivity contribution is -0.130. The lowest BCUT2D eigenvalue weighted by atomic mass is 10.0. The Labute approximate surface area is 251 Å². The lowest BCUT2D eigenvalue weighted by Gasteiger charge is -2.23. The van der Waals surface area contributed by atoms with Crippen molar-refractivity contribution in [1.29, 1.82) is 0 Å². The van der Waals surface area contributed by atoms with E-state index in [1.54, 1.807) is 6.07 Å². The zero-order valence-corrected chi connectivity index (χ0v) is 25.0. The fourth-order valence-corrected chi connectivity index (χ4v) is 4.03. The van der Waals surface area contributed by atoms with Crippen molar-refractivity contribution < 1.29 is 47.2 Å². The molecule has 0 aromatic heterocycles. The summed E-state index contributed by atoms with van der Waals surface area (Å²) in [5.41, 5.74) is 1.01. The van der Waals surface area contributed by atoms with Gasteiger partial charge in [-0.05, 0) is 55.7 Å². The van der Waals surface area contributed by atoms with Crippen LogP contribution < -0.4 is 18.9 Å². The fraction of sp³-hybridized carbons (Fsp3) is 0.424. The molecule has 0 spiro atoms. The van der Waals surface area contributed by atoms with Crippen molar-refractivity contribution >= 4 is 18.1 Å². The van der Waals surface area contributed by atoms with Crippen LogP contribution in [0.5, 0.6) is 23.0 Å². The third-order valence-corrected chi connectivity index (χ3v) is 6.48. The molecule has 0 N–H and O–H groups in total. The van der Waals surface area contributed by atoms with Gasteiger partial charge in [-0.1, -0.05) is 58.3 Å². The number of carbonyl (C=O) groups is 3. The molecule has 232 valence electrons. The number of halogens is 1. The van der Waals surface area contributed by atoms with Gasteiger partial charge in [0.15, 0.2) is 23.1 Å². The number of hydrogen-bond acceptors (Lipinski definition) is 9. The first-order valence-corrected chi connectivity index (χ1v) is 14.4. The number of esters is 2. The van der Waals surface area contributed by atoms with Crippen molar-refractivity contribution in [2.45, 2.75) is 59.3 Å². The molecule has 9 nitrogen and oxygen atoms in total. The van der Waals surface area contributed by atoms with Crippen molar-refractivity contribution in [2.24, 2.45) is 5.92 Å². The summed E-state index contributed by atoms with van der Waals surface area (Å²) in [5.74, 6) is -2.54. The standard InChI is InChI=1S/C33H39FO9/c1-6-7-8-9-10-11-14-38-27-13-12-24(15-26(27)34)25-16-28(42-31(35)21(2)3)30(29(17-25)43-32(36)22(4)5)39-18-23-19-40-33(37)41-20-23/h12-13,15-17,23H,2,4,6-11,14,18-20H2,1,3,5H3. The largest absolute Gasteiger partial charge is 0.508 e. The zero-order valence-electron chi connectivity index (χ0n) is 25.0. The van der Waals surface area contributed by atoms with Gasteiger partial charge in [0, 0.05) is 11.1 Å². The van der Waals surface area contributed by atoms with Crippen LogP contribution in [0.3, 0.4) is 0 Å². The number of hydrogen-bond donors (Lipinski definition) is 0. The Morgan fingerprint density at radius 3 is 1.98 bits per heavy atom. The van der Waals surface area contributed by atoms with Gasteiger partial charge in [-0.3, -0.25) is 0 Å². The molecule has 0 unspecified atom stereocenters. The van der Waals surface area contributed by atoms with E-state index in [9.17, 15) is 14.4 Å². The molecule has 0 saturated carbocycles. The molecule has 43 heavy (non-hydrogen) atoms. The van der Waals surface area contributed by atoms with Crippen LogP contribution in [-0.2, 0) is 19.1 Å². The summed E-state index contributed by atoms with van der Waals surface area (Å²) in [6.45, 7) is 12.8. The van der Waals surface area contributed by atoms with Gasteiger partial charge in [-0.25, -0.2) is 18.8 Å². The summed E-state index contributed by atoms with van der Waals surface area (Å²) in [4.78, 5) is 36.3. The summed E-state index contributed by atoms with van der Waals surface area (Å²) >= 11 is 0. The fourth-order valence-electron chi connectivity index (χ4n) is 4.03.